The molecule has 90 valence electrons. The van der Waals surface area contributed by atoms with E-state index >= 15 is 0 Å². The minimum absolute atomic E-state index is 0.139. The van der Waals surface area contributed by atoms with Crippen LogP contribution in [-0.4, -0.2) is 0 Å². The molecule has 0 saturated heterocycles. The molecule has 1 fully saturated rings. The molecule has 0 aromatic carbocycles. The fraction of sp³-hybridized carbons (Fsp3) is 0.500. The Morgan fingerprint density at radius 1 is 1.24 bits per heavy atom. The van der Waals surface area contributed by atoms with Crippen molar-refractivity contribution in [3.8, 4) is 5.75 Å². The van der Waals surface area contributed by atoms with Crippen LogP contribution in [0.25, 0.3) is 0 Å². The second kappa shape index (κ2) is 3.76. The molecule has 1 aromatic rings. The highest BCUT2D eigenvalue weighted by Crippen LogP contribution is 2.44. The molecule has 1 aliphatic heterocycles. The van der Waals surface area contributed by atoms with Crippen molar-refractivity contribution in [2.24, 2.45) is 0 Å². The molecule has 0 atom stereocenters. The van der Waals surface area contributed by atoms with E-state index in [-0.39, 0.29) is 11.0 Å². The van der Waals surface area contributed by atoms with Crippen LogP contribution in [0.5, 0.6) is 5.75 Å². The number of allylic oxidation sites excluding steroid dienone is 1. The van der Waals surface area contributed by atoms with Crippen molar-refractivity contribution < 1.29 is 9.15 Å². The molecule has 2 heterocycles. The Balaban J connectivity index is 2.19. The lowest BCUT2D eigenvalue weighted by Gasteiger charge is -2.36. The molecule has 0 unspecified atom stereocenters. The van der Waals surface area contributed by atoms with Gasteiger partial charge in [0.1, 0.15) is 11.5 Å². The van der Waals surface area contributed by atoms with Crippen LogP contribution in [0.2, 0.25) is 0 Å². The van der Waals surface area contributed by atoms with Gasteiger partial charge in [0, 0.05) is 11.5 Å². The van der Waals surface area contributed by atoms with Crippen LogP contribution in [0.15, 0.2) is 27.6 Å². The molecule has 1 spiro atoms. The van der Waals surface area contributed by atoms with Gasteiger partial charge in [0.05, 0.1) is 11.8 Å². The second-order valence-corrected chi connectivity index (χ2v) is 5.02. The van der Waals surface area contributed by atoms with E-state index in [0.29, 0.717) is 11.5 Å². The van der Waals surface area contributed by atoms with Crippen LogP contribution in [0.3, 0.4) is 0 Å². The monoisotopic (exact) mass is 232 g/mol. The summed E-state index contributed by atoms with van der Waals surface area (Å²) >= 11 is 0. The highest BCUT2D eigenvalue weighted by molar-refractivity contribution is 5.44. The van der Waals surface area contributed by atoms with E-state index in [1.165, 1.54) is 6.42 Å². The van der Waals surface area contributed by atoms with E-state index in [2.05, 4.69) is 0 Å². The molecule has 0 N–H and O–H groups in total. The van der Waals surface area contributed by atoms with Gasteiger partial charge in [-0.2, -0.15) is 0 Å². The highest BCUT2D eigenvalue weighted by atomic mass is 16.5. The molecular formula is C14H16O3. The van der Waals surface area contributed by atoms with Gasteiger partial charge in [-0.3, -0.25) is 0 Å². The maximum absolute atomic E-state index is 12.1. The number of fused-ring (bicyclic) bond motifs is 2. The standard InChI is InChI=1S/C14H16O3/c1-10-9-11-12(13(15)17-10)14(7-8-16-11)5-3-2-4-6-14/h7-9H,2-6H2,1H3. The van der Waals surface area contributed by atoms with Crippen LogP contribution in [0, 0.1) is 6.92 Å². The molecule has 0 radical (unpaired) electrons. The maximum atomic E-state index is 12.1. The summed E-state index contributed by atoms with van der Waals surface area (Å²) < 4.78 is 10.7. The van der Waals surface area contributed by atoms with E-state index in [4.69, 9.17) is 9.15 Å². The first-order valence-electron chi connectivity index (χ1n) is 6.21. The van der Waals surface area contributed by atoms with Gasteiger partial charge in [0.15, 0.2) is 0 Å². The van der Waals surface area contributed by atoms with E-state index in [0.717, 1.165) is 31.2 Å². The van der Waals surface area contributed by atoms with Crippen molar-refractivity contribution in [2.75, 3.05) is 0 Å². The normalized spacial score (nSPS) is 21.0. The highest BCUT2D eigenvalue weighted by Gasteiger charge is 2.39. The summed E-state index contributed by atoms with van der Waals surface area (Å²) in [6.45, 7) is 1.77. The van der Waals surface area contributed by atoms with Gasteiger partial charge in [0.2, 0.25) is 0 Å². The summed E-state index contributed by atoms with van der Waals surface area (Å²) in [6, 6.07) is 1.82. The Morgan fingerprint density at radius 2 is 2.00 bits per heavy atom. The van der Waals surface area contributed by atoms with Crippen molar-refractivity contribution in [3.05, 3.63) is 40.1 Å². The summed E-state index contributed by atoms with van der Waals surface area (Å²) in [6.07, 6.45) is 9.39. The van der Waals surface area contributed by atoms with Crippen LogP contribution in [-0.2, 0) is 5.41 Å². The van der Waals surface area contributed by atoms with Crippen LogP contribution in [0.4, 0.5) is 0 Å². The summed E-state index contributed by atoms with van der Waals surface area (Å²) in [5, 5.41) is 0. The Labute approximate surface area is 100 Å². The predicted molar refractivity (Wildman–Crippen MR) is 64.2 cm³/mol. The Hall–Kier alpha value is -1.51. The van der Waals surface area contributed by atoms with Gasteiger partial charge in [-0.1, -0.05) is 19.3 Å². The summed E-state index contributed by atoms with van der Waals surface area (Å²) in [4.78, 5) is 12.1. The lowest BCUT2D eigenvalue weighted by Crippen LogP contribution is -2.34. The van der Waals surface area contributed by atoms with Gasteiger partial charge >= 0.3 is 5.63 Å². The molecule has 3 heteroatoms. The van der Waals surface area contributed by atoms with Crippen molar-refractivity contribution in [1.82, 2.24) is 0 Å². The number of ether oxygens (including phenoxy) is 1. The third-order valence-electron chi connectivity index (χ3n) is 3.86. The van der Waals surface area contributed by atoms with Crippen LogP contribution in [0.1, 0.15) is 43.4 Å². The summed E-state index contributed by atoms with van der Waals surface area (Å²) in [5.74, 6) is 1.29. The topological polar surface area (TPSA) is 39.4 Å². The molecule has 2 aliphatic rings. The van der Waals surface area contributed by atoms with Crippen LogP contribution >= 0.6 is 0 Å². The lowest BCUT2D eigenvalue weighted by molar-refractivity contribution is 0.302. The number of hydrogen-bond acceptors (Lipinski definition) is 3. The molecule has 3 nitrogen and oxygen atoms in total. The summed E-state index contributed by atoms with van der Waals surface area (Å²) in [5.41, 5.74) is 0.358. The molecule has 1 aromatic heterocycles. The average Bonchev–Trinajstić information content (AvgIpc) is 2.29. The van der Waals surface area contributed by atoms with Gasteiger partial charge in [-0.05, 0) is 25.8 Å². The number of rotatable bonds is 0. The Kier molecular flexibility index (Phi) is 2.35. The smallest absolute Gasteiger partial charge is 0.343 e. The van der Waals surface area contributed by atoms with E-state index < -0.39 is 0 Å². The fourth-order valence-corrected chi connectivity index (χ4v) is 3.05. The molecular weight excluding hydrogens is 216 g/mol. The van der Waals surface area contributed by atoms with E-state index in [1.807, 2.05) is 12.1 Å². The van der Waals surface area contributed by atoms with Gasteiger partial charge < -0.3 is 9.15 Å². The average molecular weight is 232 g/mol. The van der Waals surface area contributed by atoms with E-state index in [1.54, 1.807) is 13.2 Å². The first-order chi connectivity index (χ1) is 8.21. The number of hydrogen-bond donors (Lipinski definition) is 0. The third kappa shape index (κ3) is 1.61. The largest absolute Gasteiger partial charge is 0.465 e. The zero-order valence-electron chi connectivity index (χ0n) is 9.99. The maximum Gasteiger partial charge on any atom is 0.343 e. The molecule has 3 rings (SSSR count). The Bertz CT molecular complexity index is 519. The van der Waals surface area contributed by atoms with Crippen molar-refractivity contribution in [3.63, 3.8) is 0 Å². The zero-order chi connectivity index (χ0) is 11.9. The first kappa shape index (κ1) is 10.6. The second-order valence-electron chi connectivity index (χ2n) is 5.02. The molecule has 17 heavy (non-hydrogen) atoms. The van der Waals surface area contributed by atoms with Crippen LogP contribution < -0.4 is 10.4 Å². The SMILES string of the molecule is Cc1cc2c(c(=O)o1)C1(C=CO2)CCCCC1. The van der Waals surface area contributed by atoms with Crippen molar-refractivity contribution >= 4 is 0 Å². The first-order valence-corrected chi connectivity index (χ1v) is 6.21. The molecule has 1 saturated carbocycles. The van der Waals surface area contributed by atoms with Crippen molar-refractivity contribution in [1.29, 1.82) is 0 Å². The predicted octanol–water partition coefficient (Wildman–Crippen LogP) is 3.06. The minimum atomic E-state index is -0.230. The zero-order valence-corrected chi connectivity index (χ0v) is 9.99. The van der Waals surface area contributed by atoms with Gasteiger partial charge in [-0.25, -0.2) is 4.79 Å². The molecule has 0 bridgehead atoms. The quantitative estimate of drug-likeness (QED) is 0.690. The molecule has 1 aliphatic carbocycles. The van der Waals surface area contributed by atoms with Gasteiger partial charge in [0.25, 0.3) is 0 Å². The fourth-order valence-electron chi connectivity index (χ4n) is 3.05. The van der Waals surface area contributed by atoms with Gasteiger partial charge in [-0.15, -0.1) is 0 Å². The number of aryl methyl sites for hydroxylation is 1. The lowest BCUT2D eigenvalue weighted by atomic mass is 9.69. The minimum Gasteiger partial charge on any atom is -0.465 e. The molecule has 0 amide bonds. The third-order valence-corrected chi connectivity index (χ3v) is 3.86. The summed E-state index contributed by atoms with van der Waals surface area (Å²) in [7, 11) is 0. The Morgan fingerprint density at radius 3 is 2.76 bits per heavy atom. The van der Waals surface area contributed by atoms with E-state index in [9.17, 15) is 4.79 Å². The van der Waals surface area contributed by atoms with Crippen molar-refractivity contribution in [2.45, 2.75) is 44.4 Å².